The van der Waals surface area contributed by atoms with Gasteiger partial charge in [-0.2, -0.15) is 0 Å². The third-order valence-corrected chi connectivity index (χ3v) is 5.37. The normalized spacial score (nSPS) is 23.1. The maximum Gasteiger partial charge on any atom is 0.0808 e. The van der Waals surface area contributed by atoms with E-state index in [2.05, 4.69) is 41.3 Å². The van der Waals surface area contributed by atoms with Crippen molar-refractivity contribution in [2.24, 2.45) is 0 Å². The van der Waals surface area contributed by atoms with E-state index in [4.69, 9.17) is 14.5 Å². The van der Waals surface area contributed by atoms with Crippen LogP contribution in [-0.4, -0.2) is 48.4 Å². The van der Waals surface area contributed by atoms with Crippen molar-refractivity contribution in [3.63, 3.8) is 0 Å². The molecule has 2 saturated heterocycles. The molecule has 0 bridgehead atoms. The van der Waals surface area contributed by atoms with Crippen molar-refractivity contribution >= 4 is 10.9 Å². The molecule has 25 heavy (non-hydrogen) atoms. The molecule has 0 aliphatic carbocycles. The molecule has 0 saturated carbocycles. The molecule has 2 fully saturated rings. The summed E-state index contributed by atoms with van der Waals surface area (Å²) in [5, 5.41) is 1.21. The van der Waals surface area contributed by atoms with E-state index in [1.807, 2.05) is 0 Å². The van der Waals surface area contributed by atoms with Crippen LogP contribution in [-0.2, 0) is 16.0 Å². The Morgan fingerprint density at radius 1 is 1.04 bits per heavy atom. The highest BCUT2D eigenvalue weighted by molar-refractivity contribution is 5.78. The van der Waals surface area contributed by atoms with Crippen LogP contribution in [0.1, 0.15) is 37.8 Å². The predicted octanol–water partition coefficient (Wildman–Crippen LogP) is 3.78. The smallest absolute Gasteiger partial charge is 0.0808 e. The van der Waals surface area contributed by atoms with E-state index in [-0.39, 0.29) is 0 Å². The molecular formula is C21H28N2O2. The zero-order valence-electron chi connectivity index (χ0n) is 14.9. The van der Waals surface area contributed by atoms with Gasteiger partial charge in [0.05, 0.1) is 30.0 Å². The predicted molar refractivity (Wildman–Crippen MR) is 99.6 cm³/mol. The van der Waals surface area contributed by atoms with Crippen molar-refractivity contribution < 1.29 is 9.47 Å². The lowest BCUT2D eigenvalue weighted by atomic mass is 10.1. The van der Waals surface area contributed by atoms with Gasteiger partial charge in [-0.3, -0.25) is 9.88 Å². The van der Waals surface area contributed by atoms with Crippen molar-refractivity contribution in [2.45, 2.75) is 50.9 Å². The van der Waals surface area contributed by atoms with Gasteiger partial charge in [0.25, 0.3) is 0 Å². The molecule has 0 unspecified atom stereocenters. The molecule has 1 atom stereocenters. The number of hydrogen-bond acceptors (Lipinski definition) is 4. The minimum Gasteiger partial charge on any atom is -0.376 e. The van der Waals surface area contributed by atoms with Gasteiger partial charge in [0.2, 0.25) is 0 Å². The second-order valence-electron chi connectivity index (χ2n) is 7.29. The number of para-hydroxylation sites is 1. The highest BCUT2D eigenvalue weighted by atomic mass is 16.5. The maximum atomic E-state index is 6.11. The van der Waals surface area contributed by atoms with E-state index < -0.39 is 0 Å². The number of aromatic nitrogens is 1. The molecule has 2 aliphatic heterocycles. The number of pyridine rings is 1. The second-order valence-corrected chi connectivity index (χ2v) is 7.29. The van der Waals surface area contributed by atoms with E-state index in [0.29, 0.717) is 12.2 Å². The largest absolute Gasteiger partial charge is 0.376 e. The van der Waals surface area contributed by atoms with Gasteiger partial charge in [-0.15, -0.1) is 0 Å². The maximum absolute atomic E-state index is 6.11. The molecule has 134 valence electrons. The van der Waals surface area contributed by atoms with Gasteiger partial charge in [0.1, 0.15) is 0 Å². The lowest BCUT2D eigenvalue weighted by Gasteiger charge is -2.33. The molecule has 1 aromatic heterocycles. The fraction of sp³-hybridized carbons (Fsp3) is 0.571. The second kappa shape index (κ2) is 8.26. The minimum absolute atomic E-state index is 0.327. The van der Waals surface area contributed by atoms with E-state index in [9.17, 15) is 0 Å². The van der Waals surface area contributed by atoms with E-state index in [1.54, 1.807) is 0 Å². The molecule has 0 radical (unpaired) electrons. The Labute approximate surface area is 150 Å². The SMILES string of the molecule is c1ccc2nc(CN3CCC(OC[C@H]4CCCCO4)CC3)ccc2c1. The lowest BCUT2D eigenvalue weighted by molar-refractivity contribution is -0.0753. The first-order valence-corrected chi connectivity index (χ1v) is 9.67. The van der Waals surface area contributed by atoms with Crippen LogP contribution in [0.2, 0.25) is 0 Å². The summed E-state index contributed by atoms with van der Waals surface area (Å²) < 4.78 is 11.9. The Balaban J connectivity index is 1.24. The fourth-order valence-electron chi connectivity index (χ4n) is 3.84. The third-order valence-electron chi connectivity index (χ3n) is 5.37. The van der Waals surface area contributed by atoms with Crippen LogP contribution in [0.25, 0.3) is 10.9 Å². The summed E-state index contributed by atoms with van der Waals surface area (Å²) in [6, 6.07) is 12.7. The molecular weight excluding hydrogens is 312 g/mol. The van der Waals surface area contributed by atoms with Crippen molar-refractivity contribution in [1.82, 2.24) is 9.88 Å². The van der Waals surface area contributed by atoms with Crippen molar-refractivity contribution in [3.8, 4) is 0 Å². The third kappa shape index (κ3) is 4.57. The van der Waals surface area contributed by atoms with Crippen LogP contribution >= 0.6 is 0 Å². The number of ether oxygens (including phenoxy) is 2. The fourth-order valence-corrected chi connectivity index (χ4v) is 3.84. The standard InChI is InChI=1S/C21H28N2O2/c1-2-7-21-17(5-1)8-9-18(22-21)15-23-12-10-19(11-13-23)25-16-20-6-3-4-14-24-20/h1-2,5,7-9,19-20H,3-4,6,10-16H2/t20-/m1/s1. The molecule has 2 aliphatic rings. The van der Waals surface area contributed by atoms with Gasteiger partial charge in [0.15, 0.2) is 0 Å². The first-order valence-electron chi connectivity index (χ1n) is 9.67. The van der Waals surface area contributed by atoms with Crippen molar-refractivity contribution in [3.05, 3.63) is 42.1 Å². The Morgan fingerprint density at radius 2 is 1.92 bits per heavy atom. The summed E-state index contributed by atoms with van der Waals surface area (Å²) in [7, 11) is 0. The van der Waals surface area contributed by atoms with Gasteiger partial charge in [-0.25, -0.2) is 0 Å². The number of benzene rings is 1. The lowest BCUT2D eigenvalue weighted by Crippen LogP contribution is -2.38. The first kappa shape index (κ1) is 17.0. The average Bonchev–Trinajstić information content (AvgIpc) is 2.68. The number of fused-ring (bicyclic) bond motifs is 1. The van der Waals surface area contributed by atoms with Gasteiger partial charge < -0.3 is 9.47 Å². The Morgan fingerprint density at radius 3 is 2.76 bits per heavy atom. The average molecular weight is 340 g/mol. The number of nitrogens with zero attached hydrogens (tertiary/aromatic N) is 2. The Hall–Kier alpha value is -1.49. The Bertz CT molecular complexity index is 676. The van der Waals surface area contributed by atoms with Crippen molar-refractivity contribution in [2.75, 3.05) is 26.3 Å². The molecule has 1 aromatic carbocycles. The van der Waals surface area contributed by atoms with Gasteiger partial charge in [-0.1, -0.05) is 24.3 Å². The van der Waals surface area contributed by atoms with E-state index >= 15 is 0 Å². The molecule has 0 N–H and O–H groups in total. The van der Waals surface area contributed by atoms with Crippen LogP contribution in [0.3, 0.4) is 0 Å². The zero-order chi connectivity index (χ0) is 16.9. The molecule has 3 heterocycles. The van der Waals surface area contributed by atoms with Crippen LogP contribution in [0.5, 0.6) is 0 Å². The number of piperidine rings is 1. The highest BCUT2D eigenvalue weighted by Crippen LogP contribution is 2.19. The topological polar surface area (TPSA) is 34.6 Å². The van der Waals surface area contributed by atoms with Gasteiger partial charge >= 0.3 is 0 Å². The molecule has 4 rings (SSSR count). The van der Waals surface area contributed by atoms with Crippen LogP contribution in [0, 0.1) is 0 Å². The summed E-state index contributed by atoms with van der Waals surface area (Å²) >= 11 is 0. The first-order chi connectivity index (χ1) is 12.4. The van der Waals surface area contributed by atoms with Crippen LogP contribution in [0.15, 0.2) is 36.4 Å². The van der Waals surface area contributed by atoms with Crippen LogP contribution in [0.4, 0.5) is 0 Å². The number of likely N-dealkylation sites (tertiary alicyclic amines) is 1. The molecule has 0 spiro atoms. The van der Waals surface area contributed by atoms with Crippen LogP contribution < -0.4 is 0 Å². The molecule has 4 heteroatoms. The van der Waals surface area contributed by atoms with Gasteiger partial charge in [0, 0.05) is 31.6 Å². The van der Waals surface area contributed by atoms with E-state index in [1.165, 1.54) is 18.2 Å². The summed E-state index contributed by atoms with van der Waals surface area (Å²) in [6.45, 7) is 4.79. The quantitative estimate of drug-likeness (QED) is 0.829. The molecule has 4 nitrogen and oxygen atoms in total. The minimum atomic E-state index is 0.327. The zero-order valence-corrected chi connectivity index (χ0v) is 14.9. The summed E-state index contributed by atoms with van der Waals surface area (Å²) in [4.78, 5) is 7.29. The monoisotopic (exact) mass is 340 g/mol. The summed E-state index contributed by atoms with van der Waals surface area (Å²) in [5.74, 6) is 0. The number of hydrogen-bond donors (Lipinski definition) is 0. The van der Waals surface area contributed by atoms with E-state index in [0.717, 1.165) is 63.3 Å². The van der Waals surface area contributed by atoms with Crippen molar-refractivity contribution in [1.29, 1.82) is 0 Å². The molecule has 2 aromatic rings. The summed E-state index contributed by atoms with van der Waals surface area (Å²) in [5.41, 5.74) is 2.25. The summed E-state index contributed by atoms with van der Waals surface area (Å²) in [6.07, 6.45) is 6.59. The highest BCUT2D eigenvalue weighted by Gasteiger charge is 2.22. The Kier molecular flexibility index (Phi) is 5.60. The number of rotatable bonds is 5. The molecule has 0 amide bonds. The van der Waals surface area contributed by atoms with Gasteiger partial charge in [-0.05, 0) is 44.2 Å².